The van der Waals surface area contributed by atoms with E-state index in [2.05, 4.69) is 30.6 Å². The van der Waals surface area contributed by atoms with Crippen molar-refractivity contribution < 1.29 is 129 Å². The van der Waals surface area contributed by atoms with Crippen molar-refractivity contribution in [3.05, 3.63) is 47.8 Å². The maximum Gasteiger partial charge on any atom is 0.408 e. The number of carbonyl (C=O) groups is 4. The van der Waals surface area contributed by atoms with Crippen LogP contribution in [0.1, 0.15) is 138 Å². The Kier molecular flexibility index (Phi) is 22.2. The molecular weight excluding hydrogens is 1310 g/mol. The number of fused-ring (bicyclic) bond motifs is 10. The Morgan fingerprint density at radius 2 is 1.02 bits per heavy atom. The van der Waals surface area contributed by atoms with Gasteiger partial charge in [0.2, 0.25) is 23.6 Å². The Morgan fingerprint density at radius 1 is 0.602 bits per heavy atom. The topological polar surface area (TPSA) is 240 Å². The molecule has 30 heteroatoms. The maximum atomic E-state index is 16.0. The summed E-state index contributed by atoms with van der Waals surface area (Å²) in [7, 11) is 2.78. The van der Waals surface area contributed by atoms with Gasteiger partial charge in [-0.1, -0.05) is 80.3 Å². The average molecular weight is 1390 g/mol. The average Bonchev–Trinajstić information content (AvgIpc) is 1.44. The molecule has 4 bridgehead atoms. The van der Waals surface area contributed by atoms with E-state index in [4.69, 9.17) is 28.4 Å². The number of aromatic nitrogens is 4. The van der Waals surface area contributed by atoms with Crippen molar-refractivity contribution >= 4 is 58.6 Å². The SMILES string of the molecule is CC[C@@H]1[C@@H]2CN(C(=O)[C@H](C(C)(C)C)NC(=O)O[C@@H]3C[C@H]3CCCC(F)(F)C(F)(F)c3nc4ccc(OC)cc4nc3O2)[C@@H]1[C-]=O.CC[C@@H]1[C@@H]2CN(C(=O)[C@H](C(C)(C)C)NC(=O)O[C@]3(C)C[C@H]3CCCC(F)(F)C(F)(F)c3nc4ccc(OC)cc4nc3O2)[C@@H]1[C-]=O.[V].[V]. The third-order valence-corrected chi connectivity index (χ3v) is 18.3. The monoisotopic (exact) mass is 1390 g/mol. The van der Waals surface area contributed by atoms with E-state index in [0.29, 0.717) is 24.3 Å². The van der Waals surface area contributed by atoms with Gasteiger partial charge < -0.3 is 58.4 Å². The van der Waals surface area contributed by atoms with Gasteiger partial charge in [0.05, 0.1) is 49.4 Å². The molecule has 2 aromatic carbocycles. The van der Waals surface area contributed by atoms with E-state index in [-0.39, 0.29) is 123 Å². The summed E-state index contributed by atoms with van der Waals surface area (Å²) >= 11 is 0. The van der Waals surface area contributed by atoms with Crippen molar-refractivity contribution in [2.24, 2.45) is 34.5 Å². The second-order valence-electron chi connectivity index (χ2n) is 26.8. The Morgan fingerprint density at radius 3 is 1.42 bits per heavy atom. The van der Waals surface area contributed by atoms with Crippen LogP contribution in [0.5, 0.6) is 23.3 Å². The first kappa shape index (κ1) is 74.1. The quantitative estimate of drug-likeness (QED) is 0.135. The Hall–Kier alpha value is -6.25. The molecule has 2 radical (unpaired) electrons. The molecule has 4 amide bonds. The molecule has 2 saturated carbocycles. The zero-order valence-corrected chi connectivity index (χ0v) is 56.1. The number of amides is 4. The van der Waals surface area contributed by atoms with Gasteiger partial charge in [-0.25, -0.2) is 42.1 Å². The molecule has 0 spiro atoms. The Bertz CT molecular complexity index is 3440. The van der Waals surface area contributed by atoms with Gasteiger partial charge in [-0.05, 0) is 98.3 Å². The number of halogens is 8. The summed E-state index contributed by atoms with van der Waals surface area (Å²) in [6, 6.07) is 3.73. The van der Waals surface area contributed by atoms with Crippen LogP contribution in [0.25, 0.3) is 22.1 Å². The molecule has 0 unspecified atom stereocenters. The van der Waals surface area contributed by atoms with Gasteiger partial charge in [0, 0.05) is 68.0 Å². The molecule has 93 heavy (non-hydrogen) atoms. The number of carbonyl (C=O) groups excluding carboxylic acids is 6. The van der Waals surface area contributed by atoms with Crippen molar-refractivity contribution in [1.82, 2.24) is 40.4 Å². The van der Waals surface area contributed by atoms with Crippen LogP contribution in [0.3, 0.4) is 0 Å². The van der Waals surface area contributed by atoms with Gasteiger partial charge in [0.25, 0.3) is 0 Å². The van der Waals surface area contributed by atoms with E-state index in [1.54, 1.807) is 62.3 Å². The summed E-state index contributed by atoms with van der Waals surface area (Å²) in [6.07, 6.45) is -2.29. The first-order valence-corrected chi connectivity index (χ1v) is 30.5. The number of methoxy groups -OCH3 is 2. The summed E-state index contributed by atoms with van der Waals surface area (Å²) in [5, 5.41) is 5.27. The molecule has 6 heterocycles. The summed E-state index contributed by atoms with van der Waals surface area (Å²) < 4.78 is 159. The predicted molar refractivity (Wildman–Crippen MR) is 310 cm³/mol. The third-order valence-electron chi connectivity index (χ3n) is 18.3. The van der Waals surface area contributed by atoms with E-state index >= 15 is 35.1 Å². The molecule has 4 aromatic rings. The summed E-state index contributed by atoms with van der Waals surface area (Å²) in [5.74, 6) is -23.1. The van der Waals surface area contributed by atoms with Crippen molar-refractivity contribution in [2.75, 3.05) is 27.3 Å². The number of ether oxygens (including phenoxy) is 6. The number of alkyl carbamates (subject to hydrolysis) is 2. The van der Waals surface area contributed by atoms with Crippen molar-refractivity contribution in [2.45, 2.75) is 198 Å². The second kappa shape index (κ2) is 27.8. The minimum atomic E-state index is -4.80. The van der Waals surface area contributed by atoms with Crippen molar-refractivity contribution in [1.29, 1.82) is 0 Å². The van der Waals surface area contributed by atoms with Gasteiger partial charge in [0.15, 0.2) is 11.4 Å². The summed E-state index contributed by atoms with van der Waals surface area (Å²) in [4.78, 5) is 97.1. The molecule has 2 aliphatic carbocycles. The van der Waals surface area contributed by atoms with E-state index < -0.39 is 154 Å². The number of nitrogens with zero attached hydrogens (tertiary/aromatic N) is 6. The maximum absolute atomic E-state index is 16.0. The standard InChI is InChI=1S/C32H39F4N4O6.C31H37F4N4O6.2V/c1-7-19-22(16-41)40-15-23(19)45-26-24(37-20-11-10-18(44-6)13-21(20)38-26)32(35,36)31(33,34)12-8-9-17-14-30(17,5)46-28(43)39-25(27(40)42)29(2,3)4;1-6-18-21(15-40)39-14-23(18)44-26-24(36-19-10-9-17(43-5)13-20(19)37-26)31(34,35)30(32,33)11-7-8-16-12-22(16)45-28(42)38-25(27(39)41)29(2,3)4;;/h10-11,13,17,19,22-23,25H,7-9,12,14-15H2,1-6H3,(H,39,43);9-10,13,16,18,21-23,25H,6-8,11-12,14H2,1-5H3,(H,38,42);;/q2*-1;;/t17-,19+,22-,23+,25-,30-;16-,18+,21-,22-,23+,25-;;/m11../s1. The van der Waals surface area contributed by atoms with Gasteiger partial charge in [0.1, 0.15) is 47.5 Å². The molecule has 2 aromatic heterocycles. The smallest absolute Gasteiger partial charge is 0.408 e. The van der Waals surface area contributed by atoms with E-state index in [9.17, 15) is 28.8 Å². The molecule has 2 saturated heterocycles. The third kappa shape index (κ3) is 15.1. The van der Waals surface area contributed by atoms with Crippen LogP contribution in [0, 0.1) is 34.5 Å². The number of alkyl halides is 8. The number of rotatable bonds is 6. The van der Waals surface area contributed by atoms with Crippen LogP contribution < -0.4 is 29.6 Å². The molecule has 12 atom stereocenters. The molecule has 2 N–H and O–H groups in total. The predicted octanol–water partition coefficient (Wildman–Crippen LogP) is 10.7. The number of hydrogen-bond acceptors (Lipinski definition) is 16. The van der Waals surface area contributed by atoms with Crippen LogP contribution in [0.4, 0.5) is 44.7 Å². The fourth-order valence-electron chi connectivity index (χ4n) is 12.6. The molecular formula is C63H76F8N8O12V2-2. The summed E-state index contributed by atoms with van der Waals surface area (Å²) in [6.45, 7) is 14.9. The van der Waals surface area contributed by atoms with Crippen molar-refractivity contribution in [3.8, 4) is 23.3 Å². The minimum Gasteiger partial charge on any atom is -0.540 e. The van der Waals surface area contributed by atoms with E-state index in [0.717, 1.165) is 0 Å². The number of benzene rings is 2. The molecule has 4 fully saturated rings. The molecule has 6 aliphatic rings. The van der Waals surface area contributed by atoms with Crippen LogP contribution in [-0.4, -0.2) is 154 Å². The van der Waals surface area contributed by atoms with Gasteiger partial charge in [-0.2, -0.15) is 35.1 Å². The molecule has 4 aliphatic heterocycles. The van der Waals surface area contributed by atoms with Crippen LogP contribution >= 0.6 is 0 Å². The van der Waals surface area contributed by atoms with E-state index in [1.807, 2.05) is 12.6 Å². The first-order valence-electron chi connectivity index (χ1n) is 30.5. The molecule has 508 valence electrons. The second-order valence-corrected chi connectivity index (χ2v) is 26.8. The largest absolute Gasteiger partial charge is 0.540 e. The van der Waals surface area contributed by atoms with Crippen LogP contribution in [0.15, 0.2) is 36.4 Å². The van der Waals surface area contributed by atoms with Gasteiger partial charge >= 0.3 is 35.9 Å². The molecule has 10 rings (SSSR count). The zero-order valence-electron chi connectivity index (χ0n) is 53.3. The fraction of sp³-hybridized carbons (Fsp3) is 0.651. The molecule has 20 nitrogen and oxygen atoms in total. The fourth-order valence-corrected chi connectivity index (χ4v) is 12.6. The first-order chi connectivity index (χ1) is 42.6. The van der Waals surface area contributed by atoms with Crippen molar-refractivity contribution in [3.63, 3.8) is 0 Å². The minimum absolute atomic E-state index is 0. The number of hydrogen-bond donors (Lipinski definition) is 2. The normalized spacial score (nSPS) is 30.1. The Balaban J connectivity index is 0.000000258. The van der Waals surface area contributed by atoms with Gasteiger partial charge in [-0.15, -0.1) is 0 Å². The van der Waals surface area contributed by atoms with Crippen LogP contribution in [0.2, 0.25) is 0 Å². The van der Waals surface area contributed by atoms with Gasteiger partial charge in [-0.3, -0.25) is 9.59 Å². The summed E-state index contributed by atoms with van der Waals surface area (Å²) in [5.41, 5.74) is -5.39. The van der Waals surface area contributed by atoms with Crippen LogP contribution in [-0.2, 0) is 77.6 Å². The number of nitrogens with one attached hydrogen (secondary N) is 2. The zero-order chi connectivity index (χ0) is 66.7. The van der Waals surface area contributed by atoms with E-state index in [1.165, 1.54) is 60.4 Å². The Labute approximate surface area is 556 Å².